The molecule has 1 amide bonds. The van der Waals surface area contributed by atoms with Crippen LogP contribution < -0.4 is 9.80 Å². The average Bonchev–Trinajstić information content (AvgIpc) is 3.24. The molecule has 9 nitrogen and oxygen atoms in total. The van der Waals surface area contributed by atoms with Crippen LogP contribution in [0, 0.1) is 0 Å². The fourth-order valence-corrected chi connectivity index (χ4v) is 3.33. The number of fused-ring (bicyclic) bond motifs is 2. The summed E-state index contributed by atoms with van der Waals surface area (Å²) in [6.07, 6.45) is 2.88. The molecule has 3 aromatic heterocycles. The number of anilines is 2. The first-order valence-corrected chi connectivity index (χ1v) is 9.27. The number of hydrogen-bond acceptors (Lipinski definition) is 7. The van der Waals surface area contributed by atoms with Gasteiger partial charge in [-0.25, -0.2) is 14.8 Å². The van der Waals surface area contributed by atoms with Gasteiger partial charge < -0.3 is 18.6 Å². The second-order valence-electron chi connectivity index (χ2n) is 7.61. The summed E-state index contributed by atoms with van der Waals surface area (Å²) < 4.78 is 13.0. The van der Waals surface area contributed by atoms with Gasteiger partial charge in [0.25, 0.3) is 0 Å². The number of rotatable bonds is 2. The number of halogens is 1. The van der Waals surface area contributed by atoms with Crippen LogP contribution in [-0.2, 0) is 17.8 Å². The number of hydrogen-bond donors (Lipinski definition) is 0. The molecule has 3 aromatic rings. The van der Waals surface area contributed by atoms with Crippen molar-refractivity contribution in [2.45, 2.75) is 39.5 Å². The van der Waals surface area contributed by atoms with Crippen molar-refractivity contribution in [3.05, 3.63) is 29.5 Å². The second kappa shape index (κ2) is 6.66. The van der Waals surface area contributed by atoms with Crippen molar-refractivity contribution in [1.82, 2.24) is 19.5 Å². The van der Waals surface area contributed by atoms with E-state index in [1.807, 2.05) is 25.3 Å². The molecule has 0 bridgehead atoms. The number of aromatic nitrogens is 4. The minimum absolute atomic E-state index is 0.174. The Kier molecular flexibility index (Phi) is 4.41. The SMILES string of the molecule is CN(C(=O)OC(C)(C)C)c1ncc2n1CCN(c1nc(Cl)nc3ccoc13)C2. The van der Waals surface area contributed by atoms with Gasteiger partial charge in [0.2, 0.25) is 11.2 Å². The Balaban J connectivity index is 1.59. The van der Waals surface area contributed by atoms with Crippen LogP contribution in [0.3, 0.4) is 0 Å². The highest BCUT2D eigenvalue weighted by atomic mass is 35.5. The zero-order valence-electron chi connectivity index (χ0n) is 16.1. The summed E-state index contributed by atoms with van der Waals surface area (Å²) in [5.41, 5.74) is 1.65. The van der Waals surface area contributed by atoms with Crippen molar-refractivity contribution in [3.8, 4) is 0 Å². The van der Waals surface area contributed by atoms with Crippen molar-refractivity contribution < 1.29 is 13.9 Å². The van der Waals surface area contributed by atoms with E-state index >= 15 is 0 Å². The first kappa shape index (κ1) is 18.5. The van der Waals surface area contributed by atoms with Crippen molar-refractivity contribution >= 4 is 40.6 Å². The highest BCUT2D eigenvalue weighted by Crippen LogP contribution is 2.30. The quantitative estimate of drug-likeness (QED) is 0.604. The van der Waals surface area contributed by atoms with Crippen LogP contribution >= 0.6 is 11.6 Å². The minimum Gasteiger partial charge on any atom is -0.459 e. The van der Waals surface area contributed by atoms with Gasteiger partial charge in [-0.15, -0.1) is 0 Å². The summed E-state index contributed by atoms with van der Waals surface area (Å²) in [6, 6.07) is 1.76. The number of nitrogens with zero attached hydrogens (tertiary/aromatic N) is 6. The first-order chi connectivity index (χ1) is 13.2. The van der Waals surface area contributed by atoms with E-state index in [1.165, 1.54) is 4.90 Å². The Labute approximate surface area is 166 Å². The van der Waals surface area contributed by atoms with Crippen LogP contribution in [-0.4, -0.2) is 44.8 Å². The van der Waals surface area contributed by atoms with Crippen molar-refractivity contribution in [1.29, 1.82) is 0 Å². The van der Waals surface area contributed by atoms with E-state index in [4.69, 9.17) is 20.8 Å². The van der Waals surface area contributed by atoms with Gasteiger partial charge >= 0.3 is 6.09 Å². The smallest absolute Gasteiger partial charge is 0.416 e. The maximum atomic E-state index is 12.4. The molecule has 148 valence electrons. The van der Waals surface area contributed by atoms with E-state index in [0.29, 0.717) is 42.5 Å². The van der Waals surface area contributed by atoms with Gasteiger partial charge in [0.05, 0.1) is 24.7 Å². The molecule has 0 aromatic carbocycles. The molecule has 0 spiro atoms. The van der Waals surface area contributed by atoms with Crippen molar-refractivity contribution in [2.75, 3.05) is 23.4 Å². The Bertz CT molecular complexity index is 1040. The molecule has 1 aliphatic heterocycles. The van der Waals surface area contributed by atoms with Crippen LogP contribution in [0.15, 0.2) is 22.9 Å². The molecule has 1 aliphatic rings. The van der Waals surface area contributed by atoms with E-state index in [1.54, 1.807) is 25.6 Å². The van der Waals surface area contributed by atoms with Gasteiger partial charge in [-0.3, -0.25) is 4.90 Å². The van der Waals surface area contributed by atoms with Gasteiger partial charge in [0.1, 0.15) is 11.1 Å². The zero-order valence-corrected chi connectivity index (χ0v) is 16.9. The Morgan fingerprint density at radius 2 is 2.11 bits per heavy atom. The third-order valence-electron chi connectivity index (χ3n) is 4.39. The third-order valence-corrected chi connectivity index (χ3v) is 4.56. The highest BCUT2D eigenvalue weighted by molar-refractivity contribution is 6.28. The number of ether oxygens (including phenoxy) is 1. The summed E-state index contributed by atoms with van der Waals surface area (Å²) in [5.74, 6) is 1.20. The maximum Gasteiger partial charge on any atom is 0.416 e. The van der Waals surface area contributed by atoms with Gasteiger partial charge in [-0.05, 0) is 32.4 Å². The van der Waals surface area contributed by atoms with Crippen LogP contribution in [0.25, 0.3) is 11.1 Å². The number of furan rings is 1. The van der Waals surface area contributed by atoms with Crippen molar-refractivity contribution in [3.63, 3.8) is 0 Å². The van der Waals surface area contributed by atoms with E-state index < -0.39 is 11.7 Å². The molecule has 0 atom stereocenters. The molecule has 10 heteroatoms. The van der Waals surface area contributed by atoms with E-state index in [-0.39, 0.29) is 5.28 Å². The molecule has 0 saturated carbocycles. The summed E-state index contributed by atoms with van der Waals surface area (Å²) in [4.78, 5) is 28.8. The molecule has 4 heterocycles. The lowest BCUT2D eigenvalue weighted by Gasteiger charge is -2.31. The molecule has 0 N–H and O–H groups in total. The standard InChI is InChI=1S/C18H21ClN6O3/c1-18(2,3)28-17(26)23(4)16-20-9-11-10-24(6-7-25(11)16)14-13-12(5-8-27-13)21-15(19)22-14/h5,8-9H,6-7,10H2,1-4H3. The third kappa shape index (κ3) is 3.37. The van der Waals surface area contributed by atoms with Gasteiger partial charge in [-0.2, -0.15) is 4.98 Å². The molecule has 0 unspecified atom stereocenters. The number of carbonyl (C=O) groups excluding carboxylic acids is 1. The van der Waals surface area contributed by atoms with Gasteiger partial charge in [0, 0.05) is 26.2 Å². The lowest BCUT2D eigenvalue weighted by Crippen LogP contribution is -2.38. The largest absolute Gasteiger partial charge is 0.459 e. The predicted octanol–water partition coefficient (Wildman–Crippen LogP) is 3.46. The monoisotopic (exact) mass is 404 g/mol. The van der Waals surface area contributed by atoms with Gasteiger partial charge in [-0.1, -0.05) is 0 Å². The molecular weight excluding hydrogens is 384 g/mol. The van der Waals surface area contributed by atoms with E-state index in [0.717, 1.165) is 5.69 Å². The lowest BCUT2D eigenvalue weighted by molar-refractivity contribution is 0.0586. The Morgan fingerprint density at radius 3 is 2.86 bits per heavy atom. The highest BCUT2D eigenvalue weighted by Gasteiger charge is 2.28. The number of carbonyl (C=O) groups is 1. The van der Waals surface area contributed by atoms with Gasteiger partial charge in [0.15, 0.2) is 11.4 Å². The lowest BCUT2D eigenvalue weighted by atomic mass is 10.2. The normalized spacial score (nSPS) is 14.2. The number of amides is 1. The Hall–Kier alpha value is -2.81. The molecule has 0 fully saturated rings. The molecule has 0 radical (unpaired) electrons. The van der Waals surface area contributed by atoms with Crippen LogP contribution in [0.1, 0.15) is 26.5 Å². The van der Waals surface area contributed by atoms with Crippen LogP contribution in [0.4, 0.5) is 16.6 Å². The zero-order chi connectivity index (χ0) is 20.1. The molecule has 0 aliphatic carbocycles. The number of imidazole rings is 1. The topological polar surface area (TPSA) is 89.5 Å². The maximum absolute atomic E-state index is 12.4. The average molecular weight is 405 g/mol. The Morgan fingerprint density at radius 1 is 1.32 bits per heavy atom. The fourth-order valence-electron chi connectivity index (χ4n) is 3.16. The summed E-state index contributed by atoms with van der Waals surface area (Å²) in [6.45, 7) is 7.33. The first-order valence-electron chi connectivity index (χ1n) is 8.90. The van der Waals surface area contributed by atoms with Crippen molar-refractivity contribution in [2.24, 2.45) is 0 Å². The fraction of sp³-hybridized carbons (Fsp3) is 0.444. The molecule has 28 heavy (non-hydrogen) atoms. The van der Waals surface area contributed by atoms with E-state index in [2.05, 4.69) is 19.9 Å². The summed E-state index contributed by atoms with van der Waals surface area (Å²) in [5, 5.41) is 0.174. The predicted molar refractivity (Wildman–Crippen MR) is 105 cm³/mol. The molecule has 4 rings (SSSR count). The van der Waals surface area contributed by atoms with Crippen LogP contribution in [0.2, 0.25) is 5.28 Å². The molecule has 0 saturated heterocycles. The molecular formula is C18H21ClN6O3. The van der Waals surface area contributed by atoms with Crippen LogP contribution in [0.5, 0.6) is 0 Å². The summed E-state index contributed by atoms with van der Waals surface area (Å²) in [7, 11) is 1.66. The minimum atomic E-state index is -0.569. The van der Waals surface area contributed by atoms with E-state index in [9.17, 15) is 4.79 Å². The summed E-state index contributed by atoms with van der Waals surface area (Å²) >= 11 is 6.07. The second-order valence-corrected chi connectivity index (χ2v) is 7.95.